The highest BCUT2D eigenvalue weighted by Gasteiger charge is 2.43. The lowest BCUT2D eigenvalue weighted by Gasteiger charge is -2.46. The molecule has 1 atom stereocenters. The quantitative estimate of drug-likeness (QED) is 0.467. The molecule has 0 spiro atoms. The summed E-state index contributed by atoms with van der Waals surface area (Å²) in [5, 5.41) is 0. The Bertz CT molecular complexity index is 1340. The second-order valence-corrected chi connectivity index (χ2v) is 11.3. The molecule has 0 N–H and O–H groups in total. The average molecular weight is 516 g/mol. The predicted octanol–water partition coefficient (Wildman–Crippen LogP) is 6.28. The van der Waals surface area contributed by atoms with Crippen LogP contribution in [-0.4, -0.2) is 43.7 Å². The summed E-state index contributed by atoms with van der Waals surface area (Å²) in [4.78, 5) is 16.1. The summed E-state index contributed by atoms with van der Waals surface area (Å²) in [5.41, 5.74) is 6.65. The zero-order chi connectivity index (χ0) is 26.4. The Hall–Kier alpha value is -3.41. The van der Waals surface area contributed by atoms with Crippen LogP contribution in [0.5, 0.6) is 23.0 Å². The van der Waals surface area contributed by atoms with Crippen molar-refractivity contribution in [3.05, 3.63) is 64.4 Å². The standard InChI is InChI=1S/C32H37NO5/c1-5-35-27-9-8-20(14-28(27)36-6-2)23-16-24-22-17-30-29(37-12-7-13-38-30)15-21(22)10-11-33(24)25-18-32(3,4)19-26(34)31(23)25/h8-9,14-17,23H,5-7,10-13,18-19H2,1-4H3/t23-/m1/s1. The number of benzene rings is 2. The van der Waals surface area contributed by atoms with Crippen molar-refractivity contribution >= 4 is 11.5 Å². The van der Waals surface area contributed by atoms with Crippen LogP contribution in [0.25, 0.3) is 5.70 Å². The number of allylic oxidation sites excluding steroid dienone is 3. The third kappa shape index (κ3) is 4.34. The topological polar surface area (TPSA) is 57.2 Å². The van der Waals surface area contributed by atoms with E-state index in [-0.39, 0.29) is 17.1 Å². The van der Waals surface area contributed by atoms with Gasteiger partial charge in [0.05, 0.1) is 26.4 Å². The lowest BCUT2D eigenvalue weighted by molar-refractivity contribution is -0.118. The van der Waals surface area contributed by atoms with Crippen molar-refractivity contribution in [3.8, 4) is 23.0 Å². The first-order valence-corrected chi connectivity index (χ1v) is 14.0. The van der Waals surface area contributed by atoms with E-state index < -0.39 is 0 Å². The van der Waals surface area contributed by atoms with Crippen molar-refractivity contribution in [2.45, 2.75) is 59.3 Å². The minimum absolute atomic E-state index is 0.0801. The smallest absolute Gasteiger partial charge is 0.162 e. The zero-order valence-corrected chi connectivity index (χ0v) is 22.9. The number of rotatable bonds is 5. The molecule has 0 fully saturated rings. The molecule has 2 aromatic carbocycles. The molecule has 0 bridgehead atoms. The van der Waals surface area contributed by atoms with E-state index in [4.69, 9.17) is 18.9 Å². The van der Waals surface area contributed by atoms with Gasteiger partial charge in [-0.3, -0.25) is 4.79 Å². The molecule has 38 heavy (non-hydrogen) atoms. The molecule has 0 radical (unpaired) electrons. The molecule has 6 rings (SSSR count). The van der Waals surface area contributed by atoms with Crippen molar-refractivity contribution in [1.82, 2.24) is 4.90 Å². The van der Waals surface area contributed by atoms with Crippen LogP contribution < -0.4 is 18.9 Å². The van der Waals surface area contributed by atoms with Gasteiger partial charge in [-0.15, -0.1) is 0 Å². The van der Waals surface area contributed by atoms with E-state index in [0.29, 0.717) is 32.8 Å². The number of ketones is 1. The van der Waals surface area contributed by atoms with Crippen LogP contribution in [0.2, 0.25) is 0 Å². The second-order valence-electron chi connectivity index (χ2n) is 11.3. The number of carbonyl (C=O) groups is 1. The summed E-state index contributed by atoms with van der Waals surface area (Å²) in [6.07, 6.45) is 5.49. The van der Waals surface area contributed by atoms with E-state index in [1.54, 1.807) is 0 Å². The van der Waals surface area contributed by atoms with Crippen LogP contribution in [-0.2, 0) is 11.2 Å². The molecule has 3 aliphatic heterocycles. The van der Waals surface area contributed by atoms with Gasteiger partial charge in [-0.05, 0) is 73.6 Å². The Kier molecular flexibility index (Phi) is 6.37. The van der Waals surface area contributed by atoms with Crippen LogP contribution in [0, 0.1) is 5.41 Å². The monoisotopic (exact) mass is 515 g/mol. The third-order valence-electron chi connectivity index (χ3n) is 7.93. The zero-order valence-electron chi connectivity index (χ0n) is 22.9. The van der Waals surface area contributed by atoms with Crippen molar-refractivity contribution in [1.29, 1.82) is 0 Å². The minimum atomic E-state index is -0.156. The lowest BCUT2D eigenvalue weighted by Crippen LogP contribution is -2.40. The Morgan fingerprint density at radius 2 is 1.71 bits per heavy atom. The summed E-state index contributed by atoms with van der Waals surface area (Å²) < 4.78 is 23.9. The Morgan fingerprint density at radius 3 is 2.47 bits per heavy atom. The fourth-order valence-electron chi connectivity index (χ4n) is 6.32. The maximum Gasteiger partial charge on any atom is 0.162 e. The van der Waals surface area contributed by atoms with Gasteiger partial charge in [0.1, 0.15) is 0 Å². The molecule has 2 aromatic rings. The van der Waals surface area contributed by atoms with E-state index in [9.17, 15) is 4.79 Å². The van der Waals surface area contributed by atoms with Gasteiger partial charge in [-0.2, -0.15) is 0 Å². The van der Waals surface area contributed by atoms with Gasteiger partial charge in [0, 0.05) is 47.8 Å². The van der Waals surface area contributed by atoms with Crippen LogP contribution in [0.1, 0.15) is 69.6 Å². The molecule has 0 amide bonds. The van der Waals surface area contributed by atoms with Gasteiger partial charge in [0.15, 0.2) is 28.8 Å². The number of hydrogen-bond donors (Lipinski definition) is 0. The Morgan fingerprint density at radius 1 is 0.974 bits per heavy atom. The van der Waals surface area contributed by atoms with E-state index in [2.05, 4.69) is 49.1 Å². The molecule has 3 heterocycles. The average Bonchev–Trinajstić information content (AvgIpc) is 3.12. The maximum absolute atomic E-state index is 13.8. The summed E-state index contributed by atoms with van der Waals surface area (Å²) in [5.74, 6) is 3.18. The summed E-state index contributed by atoms with van der Waals surface area (Å²) in [6, 6.07) is 10.4. The summed E-state index contributed by atoms with van der Waals surface area (Å²) >= 11 is 0. The molecule has 0 saturated heterocycles. The van der Waals surface area contributed by atoms with Crippen molar-refractivity contribution < 1.29 is 23.7 Å². The molecule has 6 nitrogen and oxygen atoms in total. The first-order valence-electron chi connectivity index (χ1n) is 14.0. The number of fused-ring (bicyclic) bond motifs is 5. The highest BCUT2D eigenvalue weighted by molar-refractivity contribution is 6.01. The predicted molar refractivity (Wildman–Crippen MR) is 147 cm³/mol. The molecule has 6 heteroatoms. The molecule has 0 saturated carbocycles. The molecule has 4 aliphatic rings. The normalized spacial score (nSPS) is 21.6. The summed E-state index contributed by atoms with van der Waals surface area (Å²) in [6.45, 7) is 11.6. The van der Waals surface area contributed by atoms with Gasteiger partial charge >= 0.3 is 0 Å². The van der Waals surface area contributed by atoms with Crippen molar-refractivity contribution in [2.24, 2.45) is 5.41 Å². The van der Waals surface area contributed by atoms with Gasteiger partial charge in [-0.1, -0.05) is 19.9 Å². The fourth-order valence-corrected chi connectivity index (χ4v) is 6.32. The van der Waals surface area contributed by atoms with E-state index in [1.165, 1.54) is 16.8 Å². The highest BCUT2D eigenvalue weighted by atomic mass is 16.5. The minimum Gasteiger partial charge on any atom is -0.490 e. The Labute approximate surface area is 225 Å². The number of ether oxygens (including phenoxy) is 4. The van der Waals surface area contributed by atoms with Gasteiger partial charge in [-0.25, -0.2) is 0 Å². The molecule has 200 valence electrons. The number of hydrogen-bond acceptors (Lipinski definition) is 6. The van der Waals surface area contributed by atoms with Crippen LogP contribution in [0.3, 0.4) is 0 Å². The van der Waals surface area contributed by atoms with E-state index in [0.717, 1.165) is 65.6 Å². The first-order chi connectivity index (χ1) is 18.4. The third-order valence-corrected chi connectivity index (χ3v) is 7.93. The number of Topliss-reactive ketones (excluding diaryl/α,β-unsaturated/α-hetero) is 1. The SMILES string of the molecule is CCOc1ccc([C@H]2C=C3c4cc5c(cc4CCN3C3=C2C(=O)CC(C)(C)C3)OCCCO5)cc1OCC. The first kappa shape index (κ1) is 24.9. The molecular weight excluding hydrogens is 478 g/mol. The Balaban J connectivity index is 1.51. The van der Waals surface area contributed by atoms with Crippen LogP contribution in [0.15, 0.2) is 47.7 Å². The van der Waals surface area contributed by atoms with Crippen molar-refractivity contribution in [3.63, 3.8) is 0 Å². The van der Waals surface area contributed by atoms with E-state index >= 15 is 0 Å². The lowest BCUT2D eigenvalue weighted by atomic mass is 9.69. The van der Waals surface area contributed by atoms with Crippen LogP contribution >= 0.6 is 0 Å². The molecule has 1 aliphatic carbocycles. The largest absolute Gasteiger partial charge is 0.490 e. The maximum atomic E-state index is 13.8. The number of nitrogens with zero attached hydrogens (tertiary/aromatic N) is 1. The van der Waals surface area contributed by atoms with Crippen molar-refractivity contribution in [2.75, 3.05) is 33.0 Å². The molecule has 0 unspecified atom stereocenters. The number of carbonyl (C=O) groups excluding carboxylic acids is 1. The molecular formula is C32H37NO5. The summed E-state index contributed by atoms with van der Waals surface area (Å²) in [7, 11) is 0. The van der Waals surface area contributed by atoms with Gasteiger partial charge < -0.3 is 23.8 Å². The van der Waals surface area contributed by atoms with Gasteiger partial charge in [0.2, 0.25) is 0 Å². The highest BCUT2D eigenvalue weighted by Crippen LogP contribution is 2.52. The van der Waals surface area contributed by atoms with E-state index in [1.807, 2.05) is 19.9 Å². The van der Waals surface area contributed by atoms with Crippen LogP contribution in [0.4, 0.5) is 0 Å². The second kappa shape index (κ2) is 9.72. The van der Waals surface area contributed by atoms with Gasteiger partial charge in [0.25, 0.3) is 0 Å². The molecule has 0 aromatic heterocycles. The fraction of sp³-hybridized carbons (Fsp3) is 0.469.